The van der Waals surface area contributed by atoms with Crippen LogP contribution in [0.4, 0.5) is 0 Å². The molecule has 2 nitrogen and oxygen atoms in total. The monoisotopic (exact) mass is 186 g/mol. The zero-order valence-corrected chi connectivity index (χ0v) is 9.65. The van der Waals surface area contributed by atoms with E-state index in [4.69, 9.17) is 5.84 Å². The van der Waals surface area contributed by atoms with E-state index in [2.05, 4.69) is 27.3 Å². The lowest BCUT2D eigenvalue weighted by atomic mass is 9.97. The quantitative estimate of drug-likeness (QED) is 0.305. The van der Waals surface area contributed by atoms with Crippen LogP contribution in [0, 0.1) is 0 Å². The van der Waals surface area contributed by atoms with Gasteiger partial charge in [0.2, 0.25) is 0 Å². The van der Waals surface area contributed by atoms with Gasteiger partial charge in [-0.3, -0.25) is 5.84 Å². The van der Waals surface area contributed by atoms with Crippen LogP contribution in [0.5, 0.6) is 0 Å². The molecule has 0 saturated heterocycles. The highest BCUT2D eigenvalue weighted by molar-refractivity contribution is 7.37. The van der Waals surface area contributed by atoms with Crippen LogP contribution in [0.3, 0.4) is 0 Å². The predicted molar refractivity (Wildman–Crippen MR) is 61.1 cm³/mol. The van der Waals surface area contributed by atoms with Gasteiger partial charge in [-0.25, -0.2) is 0 Å². The van der Waals surface area contributed by atoms with Crippen molar-refractivity contribution in [3.63, 3.8) is 0 Å². The van der Waals surface area contributed by atoms with Gasteiger partial charge >= 0.3 is 0 Å². The van der Waals surface area contributed by atoms with Crippen molar-refractivity contribution in [2.75, 3.05) is 12.8 Å². The van der Waals surface area contributed by atoms with Crippen molar-refractivity contribution < 1.29 is 0 Å². The molecule has 0 fully saturated rings. The van der Waals surface area contributed by atoms with Crippen molar-refractivity contribution in [3.05, 3.63) is 11.3 Å². The van der Waals surface area contributed by atoms with Crippen LogP contribution in [0.15, 0.2) is 11.3 Å². The Bertz CT molecular complexity index is 159. The summed E-state index contributed by atoms with van der Waals surface area (Å²) in [6.07, 6.45) is 2.23. The molecule has 2 N–H and O–H groups in total. The second-order valence-corrected chi connectivity index (χ2v) is 3.96. The maximum atomic E-state index is 5.86. The fourth-order valence-electron chi connectivity index (χ4n) is 1.06. The van der Waals surface area contributed by atoms with Crippen LogP contribution in [0.1, 0.15) is 20.3 Å². The van der Waals surface area contributed by atoms with Gasteiger partial charge in [-0.05, 0) is 20.0 Å². The van der Waals surface area contributed by atoms with E-state index < -0.39 is 0 Å². The molecular weight excluding hydrogens is 166 g/mol. The summed E-state index contributed by atoms with van der Waals surface area (Å²) >= 11 is 0. The van der Waals surface area contributed by atoms with E-state index in [1.54, 1.807) is 0 Å². The third-order valence-corrected chi connectivity index (χ3v) is 2.74. The first-order chi connectivity index (χ1) is 5.67. The zero-order valence-electron chi connectivity index (χ0n) is 8.65. The van der Waals surface area contributed by atoms with Gasteiger partial charge in [-0.2, -0.15) is 0 Å². The van der Waals surface area contributed by atoms with E-state index in [0.717, 1.165) is 28.6 Å². The molecule has 0 aliphatic carbocycles. The first-order valence-corrected chi connectivity index (χ1v) is 6.23. The van der Waals surface area contributed by atoms with Gasteiger partial charge in [-0.15, -0.1) is 8.58 Å². The molecule has 0 aliphatic rings. The first-order valence-electron chi connectivity index (χ1n) is 4.52. The van der Waals surface area contributed by atoms with Crippen molar-refractivity contribution in [2.24, 2.45) is 5.84 Å². The molecule has 4 heteroatoms. The number of hydrogen-bond acceptors (Lipinski definition) is 2. The molecule has 0 aliphatic heterocycles. The summed E-state index contributed by atoms with van der Waals surface area (Å²) in [7, 11) is 1.85. The largest absolute Gasteiger partial charge is 0.363 e. The van der Waals surface area contributed by atoms with Crippen molar-refractivity contribution in [2.45, 2.75) is 27.1 Å². The number of nitrogens with zero attached hydrogens (tertiary/aromatic N) is 1. The molecule has 0 saturated carbocycles. The highest BCUT2D eigenvalue weighted by Gasteiger charge is 2.05. The Morgan fingerprint density at radius 3 is 2.50 bits per heavy atom. The maximum absolute atomic E-state index is 5.86. The minimum absolute atomic E-state index is 0.900. The summed E-state index contributed by atoms with van der Waals surface area (Å²) < 4.78 is 0. The van der Waals surface area contributed by atoms with Gasteiger partial charge in [0.25, 0.3) is 7.41 Å². The fraction of sp³-hybridized carbons (Fsp3) is 0.750. The Balaban J connectivity index is 4.41. The van der Waals surface area contributed by atoms with Gasteiger partial charge in [0.15, 0.2) is 0 Å². The third-order valence-electron chi connectivity index (χ3n) is 2.05. The van der Waals surface area contributed by atoms with Crippen molar-refractivity contribution >= 4 is 16.0 Å². The Kier molecular flexibility index (Phi) is 6.50. The molecule has 0 spiro atoms. The maximum Gasteiger partial charge on any atom is 0.253 e. The number of allylic oxidation sites excluding steroid dienone is 2. The highest BCUT2D eigenvalue weighted by atomic mass is 31.1. The minimum Gasteiger partial charge on any atom is -0.363 e. The number of hydrazine groups is 1. The van der Waals surface area contributed by atoms with Gasteiger partial charge < -0.3 is 4.92 Å². The van der Waals surface area contributed by atoms with Crippen molar-refractivity contribution in [1.82, 2.24) is 4.92 Å². The summed E-state index contributed by atoms with van der Waals surface area (Å²) in [5.41, 5.74) is 2.76. The van der Waals surface area contributed by atoms with E-state index in [1.807, 2.05) is 4.92 Å². The Morgan fingerprint density at radius 2 is 2.17 bits per heavy atom. The summed E-state index contributed by atoms with van der Waals surface area (Å²) in [5.74, 6) is 5.86. The van der Waals surface area contributed by atoms with E-state index in [9.17, 15) is 0 Å². The molecule has 12 heavy (non-hydrogen) atoms. The summed E-state index contributed by atoms with van der Waals surface area (Å²) in [5, 5.41) is 0. The van der Waals surface area contributed by atoms with Crippen LogP contribution in [0.25, 0.3) is 0 Å². The van der Waals surface area contributed by atoms with Crippen LogP contribution in [0.2, 0.25) is 6.82 Å². The number of rotatable bonds is 5. The molecule has 0 bridgehead atoms. The minimum atomic E-state index is 0.900. The lowest BCUT2D eigenvalue weighted by Gasteiger charge is -2.22. The molecule has 0 aromatic heterocycles. The van der Waals surface area contributed by atoms with Crippen LogP contribution in [-0.2, 0) is 0 Å². The Morgan fingerprint density at radius 1 is 1.58 bits per heavy atom. The van der Waals surface area contributed by atoms with Gasteiger partial charge in [0.1, 0.15) is 0 Å². The summed E-state index contributed by atoms with van der Waals surface area (Å²) in [4.78, 5) is 1.87. The van der Waals surface area contributed by atoms with Crippen molar-refractivity contribution in [3.8, 4) is 0 Å². The second-order valence-electron chi connectivity index (χ2n) is 2.90. The van der Waals surface area contributed by atoms with E-state index in [0.29, 0.717) is 0 Å². The average molecular weight is 186 g/mol. The summed E-state index contributed by atoms with van der Waals surface area (Å²) in [6.45, 7) is 8.65. The number of nitrogens with two attached hydrogens (primary N) is 1. The molecule has 0 heterocycles. The molecule has 0 radical (unpaired) electrons. The molecule has 0 amide bonds. The Hall–Kier alpha value is -0.00506. The first kappa shape index (κ1) is 12.0. The standard InChI is InChI=1S/C8H20BN2P/c1-5-7(2)8(6-12-4)11(10)9-3/h9,12H,5-6,10H2,1-4H3/b8-7+. The molecule has 0 aromatic carbocycles. The smallest absolute Gasteiger partial charge is 0.253 e. The summed E-state index contributed by atoms with van der Waals surface area (Å²) in [6, 6.07) is 0. The van der Waals surface area contributed by atoms with Crippen LogP contribution in [-0.4, -0.2) is 25.2 Å². The highest BCUT2D eigenvalue weighted by Crippen LogP contribution is 2.17. The topological polar surface area (TPSA) is 29.3 Å². The lowest BCUT2D eigenvalue weighted by Crippen LogP contribution is -2.34. The van der Waals surface area contributed by atoms with E-state index in [-0.39, 0.29) is 0 Å². The zero-order chi connectivity index (χ0) is 9.56. The number of hydrogen-bond donors (Lipinski definition) is 1. The van der Waals surface area contributed by atoms with E-state index >= 15 is 0 Å². The fourth-order valence-corrected chi connectivity index (χ4v) is 1.90. The normalized spacial score (nSPS) is 13.4. The molecule has 0 rings (SSSR count). The van der Waals surface area contributed by atoms with Crippen LogP contribution < -0.4 is 5.84 Å². The SMILES string of the molecule is CBN(N)/C(CPC)=C(\C)CC. The van der Waals surface area contributed by atoms with Crippen LogP contribution >= 0.6 is 8.58 Å². The van der Waals surface area contributed by atoms with E-state index in [1.165, 1.54) is 11.3 Å². The third kappa shape index (κ3) is 3.60. The average Bonchev–Trinajstić information content (AvgIpc) is 2.11. The lowest BCUT2D eigenvalue weighted by molar-refractivity contribution is 0.572. The van der Waals surface area contributed by atoms with Crippen molar-refractivity contribution in [1.29, 1.82) is 0 Å². The second kappa shape index (κ2) is 6.50. The predicted octanol–water partition coefficient (Wildman–Crippen LogP) is 1.55. The van der Waals surface area contributed by atoms with Gasteiger partial charge in [0.05, 0.1) is 0 Å². The molecule has 1 unspecified atom stereocenters. The molecular formula is C8H20BN2P. The molecule has 70 valence electrons. The Labute approximate surface area is 78.6 Å². The van der Waals surface area contributed by atoms with Gasteiger partial charge in [-0.1, -0.05) is 19.3 Å². The molecule has 1 atom stereocenters. The molecule has 0 aromatic rings. The van der Waals surface area contributed by atoms with Gasteiger partial charge in [0, 0.05) is 11.9 Å².